The molecule has 0 radical (unpaired) electrons. The topological polar surface area (TPSA) is 134 Å². The minimum absolute atomic E-state index is 0.0140. The maximum atomic E-state index is 13.5. The average molecular weight is 677 g/mol. The Hall–Kier alpha value is -3.37. The third kappa shape index (κ3) is 11.3. The number of nitrogens with two attached hydrogens (primary N) is 1. The number of carbonyl (C=O) groups is 1. The Morgan fingerprint density at radius 2 is 1.86 bits per heavy atom. The Balaban J connectivity index is 2.45. The highest BCUT2D eigenvalue weighted by Crippen LogP contribution is 2.39. The van der Waals surface area contributed by atoms with Gasteiger partial charge in [-0.1, -0.05) is 36.2 Å². The first kappa shape index (κ1) is 36.8. The Bertz CT molecular complexity index is 1260. The van der Waals surface area contributed by atoms with E-state index >= 15 is 0 Å². The van der Waals surface area contributed by atoms with E-state index in [0.717, 1.165) is 6.42 Å². The zero-order valence-electron chi connectivity index (χ0n) is 23.6. The predicted molar refractivity (Wildman–Crippen MR) is 152 cm³/mol. The summed E-state index contributed by atoms with van der Waals surface area (Å²) in [5.74, 6) is -1.52. The van der Waals surface area contributed by atoms with E-state index < -0.39 is 53.9 Å². The number of amidine groups is 1. The van der Waals surface area contributed by atoms with Crippen LogP contribution in [0.1, 0.15) is 44.6 Å². The molecule has 0 saturated heterocycles. The van der Waals surface area contributed by atoms with E-state index in [-0.39, 0.29) is 41.8 Å². The number of oxime groups is 2. The molecule has 1 aromatic carbocycles. The molecule has 246 valence electrons. The van der Waals surface area contributed by atoms with Crippen LogP contribution < -0.4 is 16.4 Å². The molecule has 0 heterocycles. The predicted octanol–water partition coefficient (Wildman–Crippen LogP) is 6.26. The standard InChI is InChI=1S/C26H32Cl2F6N6O4/c1-3-8-37-24(41)40(4-2)14-36-9-7-19(15-5-6-20(27)21(28)10-15)22(39-44-23(35)38-42)43-18-12-16(25(29,30)31)11-17(13-18)26(32,33)34/h5-6,10-12,18-19,36,42H,3-4,7-9,13-14H2,1-2H3,(H2,35,38)(H,37,41)/b39-22+. The molecule has 0 fully saturated rings. The number of ether oxygens (including phenoxy) is 1. The van der Waals surface area contributed by atoms with Crippen LogP contribution >= 0.6 is 23.2 Å². The van der Waals surface area contributed by atoms with E-state index in [2.05, 4.69) is 20.9 Å². The summed E-state index contributed by atoms with van der Waals surface area (Å²) in [6.45, 7) is 4.75. The molecule has 2 amide bonds. The van der Waals surface area contributed by atoms with Gasteiger partial charge in [0.25, 0.3) is 0 Å². The van der Waals surface area contributed by atoms with Crippen LogP contribution in [0.5, 0.6) is 0 Å². The monoisotopic (exact) mass is 676 g/mol. The fraction of sp³-hybridized carbons (Fsp3) is 0.500. The normalized spacial score (nSPS) is 17.0. The van der Waals surface area contributed by atoms with Crippen molar-refractivity contribution < 1.29 is 45.9 Å². The first-order chi connectivity index (χ1) is 20.6. The van der Waals surface area contributed by atoms with Crippen LogP contribution in [0.3, 0.4) is 0 Å². The van der Waals surface area contributed by atoms with Gasteiger partial charge in [0.1, 0.15) is 6.10 Å². The minimum Gasteiger partial charge on any atom is -0.470 e. The third-order valence-corrected chi connectivity index (χ3v) is 6.90. The van der Waals surface area contributed by atoms with Crippen molar-refractivity contribution in [1.82, 2.24) is 15.5 Å². The second kappa shape index (κ2) is 16.6. The summed E-state index contributed by atoms with van der Waals surface area (Å²) in [6.07, 6.45) is -11.7. The number of hydrogen-bond donors (Lipinski definition) is 4. The molecule has 0 spiro atoms. The molecule has 0 aromatic heterocycles. The third-order valence-electron chi connectivity index (χ3n) is 6.16. The SMILES string of the molecule is CCCNC(=O)N(CC)CNCCC(/C(=N\O/C(N)=N\O)OC1C=C(C(F)(F)F)C=C(C(F)(F)F)C1)c1ccc(Cl)c(Cl)c1. The first-order valence-corrected chi connectivity index (χ1v) is 14.0. The van der Waals surface area contributed by atoms with Crippen molar-refractivity contribution in [2.24, 2.45) is 16.0 Å². The van der Waals surface area contributed by atoms with Crippen molar-refractivity contribution in [2.75, 3.05) is 26.3 Å². The van der Waals surface area contributed by atoms with Gasteiger partial charge in [-0.05, 0) is 66.5 Å². The molecule has 5 N–H and O–H groups in total. The fourth-order valence-electron chi connectivity index (χ4n) is 3.95. The maximum Gasteiger partial charge on any atom is 0.416 e. The van der Waals surface area contributed by atoms with Crippen molar-refractivity contribution in [3.63, 3.8) is 0 Å². The van der Waals surface area contributed by atoms with Gasteiger partial charge in [0.2, 0.25) is 5.90 Å². The molecule has 1 aromatic rings. The number of urea groups is 1. The van der Waals surface area contributed by atoms with Crippen molar-refractivity contribution in [2.45, 2.75) is 57.5 Å². The molecular weight excluding hydrogens is 645 g/mol. The number of alkyl halides is 6. The molecule has 1 aliphatic carbocycles. The lowest BCUT2D eigenvalue weighted by Crippen LogP contribution is -2.45. The number of benzene rings is 1. The van der Waals surface area contributed by atoms with Gasteiger partial charge in [0, 0.05) is 25.1 Å². The van der Waals surface area contributed by atoms with E-state index in [9.17, 15) is 31.1 Å². The van der Waals surface area contributed by atoms with Crippen LogP contribution in [0, 0.1) is 0 Å². The molecule has 2 unspecified atom stereocenters. The summed E-state index contributed by atoms with van der Waals surface area (Å²) in [4.78, 5) is 18.6. The van der Waals surface area contributed by atoms with Gasteiger partial charge in [-0.3, -0.25) is 5.32 Å². The number of carbonyl (C=O) groups excluding carboxylic acids is 1. The Morgan fingerprint density at radius 3 is 2.43 bits per heavy atom. The van der Waals surface area contributed by atoms with Crippen molar-refractivity contribution >= 4 is 41.2 Å². The largest absolute Gasteiger partial charge is 0.470 e. The van der Waals surface area contributed by atoms with Gasteiger partial charge in [-0.2, -0.15) is 26.3 Å². The van der Waals surface area contributed by atoms with Crippen molar-refractivity contribution in [1.29, 1.82) is 0 Å². The highest BCUT2D eigenvalue weighted by molar-refractivity contribution is 6.42. The molecule has 44 heavy (non-hydrogen) atoms. The van der Waals surface area contributed by atoms with Crippen LogP contribution in [0.15, 0.2) is 51.8 Å². The summed E-state index contributed by atoms with van der Waals surface area (Å²) in [7, 11) is 0. The number of nitrogens with one attached hydrogen (secondary N) is 2. The van der Waals surface area contributed by atoms with Crippen LogP contribution in [-0.4, -0.2) is 72.8 Å². The Morgan fingerprint density at radius 1 is 1.16 bits per heavy atom. The Labute approximate surface area is 259 Å². The van der Waals surface area contributed by atoms with E-state index in [1.54, 1.807) is 6.92 Å². The number of hydrogen-bond acceptors (Lipinski definition) is 7. The lowest BCUT2D eigenvalue weighted by atomic mass is 9.94. The van der Waals surface area contributed by atoms with Gasteiger partial charge >= 0.3 is 24.4 Å². The zero-order chi connectivity index (χ0) is 33.1. The molecule has 2 rings (SSSR count). The quantitative estimate of drug-likeness (QED) is 0.0393. The molecular formula is C26H32Cl2F6N6O4. The fourth-order valence-corrected chi connectivity index (χ4v) is 4.25. The number of rotatable bonds is 12. The summed E-state index contributed by atoms with van der Waals surface area (Å²) >= 11 is 12.2. The molecule has 0 saturated carbocycles. The number of amides is 2. The van der Waals surface area contributed by atoms with Crippen LogP contribution in [0.25, 0.3) is 0 Å². The summed E-state index contributed by atoms with van der Waals surface area (Å²) in [6, 6.07) is 3.13. The molecule has 1 aliphatic rings. The van der Waals surface area contributed by atoms with Crippen molar-refractivity contribution in [3.05, 3.63) is 57.1 Å². The molecule has 10 nitrogen and oxygen atoms in total. The summed E-state index contributed by atoms with van der Waals surface area (Å²) in [5, 5.41) is 21.2. The van der Waals surface area contributed by atoms with E-state index in [1.165, 1.54) is 23.1 Å². The molecule has 0 aliphatic heterocycles. The van der Waals surface area contributed by atoms with Crippen LogP contribution in [0.2, 0.25) is 10.0 Å². The summed E-state index contributed by atoms with van der Waals surface area (Å²) < 4.78 is 86.9. The highest BCUT2D eigenvalue weighted by atomic mass is 35.5. The van der Waals surface area contributed by atoms with Gasteiger partial charge in [-0.15, -0.1) is 0 Å². The number of allylic oxidation sites excluding steroid dienone is 2. The highest BCUT2D eigenvalue weighted by Gasteiger charge is 2.43. The van der Waals surface area contributed by atoms with Gasteiger partial charge in [0.15, 0.2) is 0 Å². The second-order valence-corrected chi connectivity index (χ2v) is 10.2. The first-order valence-electron chi connectivity index (χ1n) is 13.2. The van der Waals surface area contributed by atoms with E-state index in [0.29, 0.717) is 24.7 Å². The van der Waals surface area contributed by atoms with Gasteiger partial charge in [0.05, 0.1) is 28.2 Å². The lowest BCUT2D eigenvalue weighted by molar-refractivity contribution is -0.101. The van der Waals surface area contributed by atoms with E-state index in [1.807, 2.05) is 6.92 Å². The maximum absolute atomic E-state index is 13.5. The second-order valence-electron chi connectivity index (χ2n) is 9.37. The van der Waals surface area contributed by atoms with Crippen molar-refractivity contribution in [3.8, 4) is 0 Å². The van der Waals surface area contributed by atoms with Crippen LogP contribution in [-0.2, 0) is 9.57 Å². The van der Waals surface area contributed by atoms with E-state index in [4.69, 9.17) is 43.7 Å². The van der Waals surface area contributed by atoms with Crippen LogP contribution in [0.4, 0.5) is 31.1 Å². The smallest absolute Gasteiger partial charge is 0.416 e. The van der Waals surface area contributed by atoms with Gasteiger partial charge < -0.3 is 30.7 Å². The summed E-state index contributed by atoms with van der Waals surface area (Å²) in [5.41, 5.74) is 2.64. The molecule has 2 atom stereocenters. The van der Waals surface area contributed by atoms with Gasteiger partial charge in [-0.25, -0.2) is 4.79 Å². The number of halogens is 8. The number of nitrogens with zero attached hydrogens (tertiary/aromatic N) is 3. The minimum atomic E-state index is -5.11. The Kier molecular flexibility index (Phi) is 13.9. The molecule has 18 heteroatoms. The average Bonchev–Trinajstić information content (AvgIpc) is 2.96. The lowest BCUT2D eigenvalue weighted by Gasteiger charge is -2.28. The zero-order valence-corrected chi connectivity index (χ0v) is 25.1. The molecule has 0 bridgehead atoms.